The highest BCUT2D eigenvalue weighted by atomic mass is 16.5. The predicted molar refractivity (Wildman–Crippen MR) is 74.1 cm³/mol. The van der Waals surface area contributed by atoms with Gasteiger partial charge in [0.15, 0.2) is 0 Å². The van der Waals surface area contributed by atoms with Crippen molar-refractivity contribution in [1.82, 2.24) is 4.98 Å². The number of aromatic hydroxyl groups is 1. The first-order valence-electron chi connectivity index (χ1n) is 6.26. The molecule has 0 aliphatic rings. The van der Waals surface area contributed by atoms with Crippen molar-refractivity contribution in [3.05, 3.63) is 42.2 Å². The van der Waals surface area contributed by atoms with Gasteiger partial charge in [0.25, 0.3) is 0 Å². The normalized spacial score (nSPS) is 10.2. The fraction of sp³-hybridized carbons (Fsp3) is 0.200. The maximum atomic E-state index is 11.0. The summed E-state index contributed by atoms with van der Waals surface area (Å²) in [5.41, 5.74) is 1.26. The second kappa shape index (κ2) is 6.06. The van der Waals surface area contributed by atoms with Crippen LogP contribution in [-0.2, 0) is 0 Å². The van der Waals surface area contributed by atoms with Crippen LogP contribution >= 0.6 is 0 Å². The molecule has 20 heavy (non-hydrogen) atoms. The van der Waals surface area contributed by atoms with Crippen LogP contribution in [0, 0.1) is 0 Å². The first kappa shape index (κ1) is 13.9. The van der Waals surface area contributed by atoms with Crippen LogP contribution in [0.3, 0.4) is 0 Å². The Morgan fingerprint density at radius 2 is 2.05 bits per heavy atom. The molecule has 1 heterocycles. The fourth-order valence-corrected chi connectivity index (χ4v) is 1.76. The van der Waals surface area contributed by atoms with Crippen molar-refractivity contribution in [2.24, 2.45) is 0 Å². The number of nitrogens with zero attached hydrogens (tertiary/aromatic N) is 1. The van der Waals surface area contributed by atoms with Crippen LogP contribution < -0.4 is 4.74 Å². The van der Waals surface area contributed by atoms with Gasteiger partial charge >= 0.3 is 5.97 Å². The minimum Gasteiger partial charge on any atom is -0.507 e. The number of benzene rings is 1. The number of pyridine rings is 1. The highest BCUT2D eigenvalue weighted by molar-refractivity contribution is 5.92. The molecule has 104 valence electrons. The van der Waals surface area contributed by atoms with Crippen LogP contribution in [0.15, 0.2) is 36.7 Å². The molecule has 0 aliphatic heterocycles. The molecular formula is C15H15NO4. The van der Waals surface area contributed by atoms with Gasteiger partial charge in [0.1, 0.15) is 17.1 Å². The molecule has 0 saturated carbocycles. The van der Waals surface area contributed by atoms with Crippen molar-refractivity contribution in [1.29, 1.82) is 0 Å². The average molecular weight is 273 g/mol. The van der Waals surface area contributed by atoms with E-state index in [1.807, 2.05) is 6.92 Å². The third kappa shape index (κ3) is 3.06. The minimum absolute atomic E-state index is 0.137. The first-order chi connectivity index (χ1) is 9.61. The van der Waals surface area contributed by atoms with Gasteiger partial charge in [-0.1, -0.05) is 13.0 Å². The van der Waals surface area contributed by atoms with E-state index in [9.17, 15) is 9.90 Å². The lowest BCUT2D eigenvalue weighted by molar-refractivity contribution is 0.0694. The van der Waals surface area contributed by atoms with Gasteiger partial charge in [-0.2, -0.15) is 0 Å². The molecule has 0 atom stereocenters. The topological polar surface area (TPSA) is 79.7 Å². The van der Waals surface area contributed by atoms with Gasteiger partial charge in [-0.05, 0) is 30.2 Å². The standard InChI is InChI=1S/C15H15NO4/c1-2-5-20-12-6-11(8-16-9-12)10-3-4-14(17)13(7-10)15(18)19/h3-4,6-9,17H,2,5H2,1H3,(H,18,19). The third-order valence-electron chi connectivity index (χ3n) is 2.75. The SMILES string of the molecule is CCCOc1cncc(-c2ccc(O)c(C(=O)O)c2)c1. The molecule has 5 heteroatoms. The Balaban J connectivity index is 2.36. The maximum absolute atomic E-state index is 11.0. The lowest BCUT2D eigenvalue weighted by atomic mass is 10.0. The van der Waals surface area contributed by atoms with Crippen molar-refractivity contribution in [3.63, 3.8) is 0 Å². The molecule has 2 aromatic rings. The van der Waals surface area contributed by atoms with Gasteiger partial charge in [0.2, 0.25) is 0 Å². The maximum Gasteiger partial charge on any atom is 0.339 e. The van der Waals surface area contributed by atoms with Gasteiger partial charge in [-0.15, -0.1) is 0 Å². The number of aromatic carboxylic acids is 1. The summed E-state index contributed by atoms with van der Waals surface area (Å²) >= 11 is 0. The fourth-order valence-electron chi connectivity index (χ4n) is 1.76. The Hall–Kier alpha value is -2.56. The number of carbonyl (C=O) groups is 1. The largest absolute Gasteiger partial charge is 0.507 e. The summed E-state index contributed by atoms with van der Waals surface area (Å²) in [5.74, 6) is -0.794. The van der Waals surface area contributed by atoms with E-state index in [1.54, 1.807) is 24.5 Å². The van der Waals surface area contributed by atoms with Crippen LogP contribution in [0.5, 0.6) is 11.5 Å². The van der Waals surface area contributed by atoms with Gasteiger partial charge < -0.3 is 14.9 Å². The summed E-state index contributed by atoms with van der Waals surface area (Å²) < 4.78 is 5.49. The Morgan fingerprint density at radius 3 is 2.75 bits per heavy atom. The number of ether oxygens (including phenoxy) is 1. The molecule has 5 nitrogen and oxygen atoms in total. The molecular weight excluding hydrogens is 258 g/mol. The van der Waals surface area contributed by atoms with E-state index in [2.05, 4.69) is 4.98 Å². The zero-order chi connectivity index (χ0) is 14.5. The molecule has 0 saturated heterocycles. The summed E-state index contributed by atoms with van der Waals surface area (Å²) in [6.45, 7) is 2.61. The second-order valence-electron chi connectivity index (χ2n) is 4.29. The van der Waals surface area contributed by atoms with E-state index in [0.29, 0.717) is 17.9 Å². The highest BCUT2D eigenvalue weighted by Crippen LogP contribution is 2.27. The summed E-state index contributed by atoms with van der Waals surface area (Å²) in [6, 6.07) is 6.21. The van der Waals surface area contributed by atoms with Crippen molar-refractivity contribution < 1.29 is 19.7 Å². The van der Waals surface area contributed by atoms with Crippen LogP contribution in [0.4, 0.5) is 0 Å². The first-order valence-corrected chi connectivity index (χ1v) is 6.26. The number of aromatic nitrogens is 1. The summed E-state index contributed by atoms with van der Waals surface area (Å²) in [7, 11) is 0. The van der Waals surface area contributed by atoms with E-state index in [4.69, 9.17) is 9.84 Å². The third-order valence-corrected chi connectivity index (χ3v) is 2.75. The number of carboxylic acid groups (broad SMARTS) is 1. The molecule has 1 aromatic heterocycles. The number of rotatable bonds is 5. The lowest BCUT2D eigenvalue weighted by Gasteiger charge is -2.08. The van der Waals surface area contributed by atoms with Crippen LogP contribution in [-0.4, -0.2) is 27.8 Å². The number of phenols is 1. The molecule has 2 rings (SSSR count). The molecule has 1 aromatic carbocycles. The van der Waals surface area contributed by atoms with Gasteiger partial charge in [-0.25, -0.2) is 4.79 Å². The Bertz CT molecular complexity index is 625. The minimum atomic E-state index is -1.17. The predicted octanol–water partition coefficient (Wildman–Crippen LogP) is 2.94. The van der Waals surface area contributed by atoms with E-state index in [-0.39, 0.29) is 11.3 Å². The molecule has 0 spiro atoms. The monoisotopic (exact) mass is 273 g/mol. The Morgan fingerprint density at radius 1 is 1.25 bits per heavy atom. The molecule has 0 aliphatic carbocycles. The smallest absolute Gasteiger partial charge is 0.339 e. The van der Waals surface area contributed by atoms with Crippen molar-refractivity contribution in [3.8, 4) is 22.6 Å². The molecule has 2 N–H and O–H groups in total. The van der Waals surface area contributed by atoms with Crippen LogP contribution in [0.2, 0.25) is 0 Å². The summed E-state index contributed by atoms with van der Waals surface area (Å²) in [5, 5.41) is 18.5. The molecule has 0 fully saturated rings. The van der Waals surface area contributed by atoms with Crippen molar-refractivity contribution >= 4 is 5.97 Å². The van der Waals surface area contributed by atoms with Gasteiger partial charge in [-0.3, -0.25) is 4.98 Å². The van der Waals surface area contributed by atoms with Crippen molar-refractivity contribution in [2.75, 3.05) is 6.61 Å². The van der Waals surface area contributed by atoms with E-state index in [0.717, 1.165) is 12.0 Å². The summed E-state index contributed by atoms with van der Waals surface area (Å²) in [6.07, 6.45) is 4.13. The number of hydrogen-bond donors (Lipinski definition) is 2. The zero-order valence-electron chi connectivity index (χ0n) is 11.0. The van der Waals surface area contributed by atoms with Gasteiger partial charge in [0.05, 0.1) is 12.8 Å². The Kier molecular flexibility index (Phi) is 4.20. The summed E-state index contributed by atoms with van der Waals surface area (Å²) in [4.78, 5) is 15.1. The average Bonchev–Trinajstić information content (AvgIpc) is 2.45. The molecule has 0 radical (unpaired) electrons. The lowest BCUT2D eigenvalue weighted by Crippen LogP contribution is -1.98. The molecule has 0 unspecified atom stereocenters. The van der Waals surface area contributed by atoms with E-state index >= 15 is 0 Å². The van der Waals surface area contributed by atoms with Gasteiger partial charge in [0, 0.05) is 11.8 Å². The van der Waals surface area contributed by atoms with E-state index in [1.165, 1.54) is 12.1 Å². The second-order valence-corrected chi connectivity index (χ2v) is 4.29. The number of hydrogen-bond acceptors (Lipinski definition) is 4. The highest BCUT2D eigenvalue weighted by Gasteiger charge is 2.11. The number of carboxylic acids is 1. The van der Waals surface area contributed by atoms with Crippen LogP contribution in [0.1, 0.15) is 23.7 Å². The molecule has 0 bridgehead atoms. The quantitative estimate of drug-likeness (QED) is 0.875. The van der Waals surface area contributed by atoms with E-state index < -0.39 is 5.97 Å². The van der Waals surface area contributed by atoms with Crippen molar-refractivity contribution in [2.45, 2.75) is 13.3 Å². The zero-order valence-corrected chi connectivity index (χ0v) is 11.0. The van der Waals surface area contributed by atoms with Crippen LogP contribution in [0.25, 0.3) is 11.1 Å². The Labute approximate surface area is 116 Å². The molecule has 0 amide bonds.